The van der Waals surface area contributed by atoms with E-state index in [0.29, 0.717) is 12.5 Å². The van der Waals surface area contributed by atoms with Gasteiger partial charge in [0.15, 0.2) is 5.82 Å². The third-order valence-corrected chi connectivity index (χ3v) is 4.03. The smallest absolute Gasteiger partial charge is 0.244 e. The van der Waals surface area contributed by atoms with Gasteiger partial charge in [0.2, 0.25) is 5.95 Å². The highest BCUT2D eigenvalue weighted by molar-refractivity contribution is 6.30. The fourth-order valence-electron chi connectivity index (χ4n) is 2.60. The van der Waals surface area contributed by atoms with E-state index in [1.54, 1.807) is 6.20 Å². The average molecular weight is 354 g/mol. The maximum absolute atomic E-state index is 6.01. The lowest BCUT2D eigenvalue weighted by molar-refractivity contribution is 0.896. The Morgan fingerprint density at radius 1 is 1.08 bits per heavy atom. The standard InChI is InChI=1S/C19H20ClN5/c1-2-25(17-9-4-3-5-10-17)18-14-22-24-19(23-18)21-12-11-15-7-6-8-16(20)13-15/h3-10,13-14H,2,11-12H2,1H3,(H,21,23,24). The number of benzene rings is 2. The molecule has 0 saturated heterocycles. The van der Waals surface area contributed by atoms with Gasteiger partial charge < -0.3 is 10.2 Å². The van der Waals surface area contributed by atoms with Crippen LogP contribution in [0.5, 0.6) is 0 Å². The van der Waals surface area contributed by atoms with Crippen LogP contribution in [-0.2, 0) is 6.42 Å². The molecule has 1 N–H and O–H groups in total. The van der Waals surface area contributed by atoms with Gasteiger partial charge in [0.25, 0.3) is 0 Å². The van der Waals surface area contributed by atoms with E-state index in [9.17, 15) is 0 Å². The highest BCUT2D eigenvalue weighted by Crippen LogP contribution is 2.22. The van der Waals surface area contributed by atoms with Crippen LogP contribution >= 0.6 is 11.6 Å². The lowest BCUT2D eigenvalue weighted by Crippen LogP contribution is -2.19. The number of nitrogens with one attached hydrogen (secondary N) is 1. The molecule has 6 heteroatoms. The maximum Gasteiger partial charge on any atom is 0.244 e. The molecule has 5 nitrogen and oxygen atoms in total. The van der Waals surface area contributed by atoms with E-state index in [1.165, 1.54) is 5.56 Å². The predicted octanol–water partition coefficient (Wildman–Crippen LogP) is 4.34. The molecule has 0 aliphatic carbocycles. The second-order valence-corrected chi connectivity index (χ2v) is 5.96. The summed E-state index contributed by atoms with van der Waals surface area (Å²) in [6.45, 7) is 3.59. The van der Waals surface area contributed by atoms with E-state index >= 15 is 0 Å². The van der Waals surface area contributed by atoms with Gasteiger partial charge in [-0.15, -0.1) is 5.10 Å². The molecule has 1 aromatic heterocycles. The van der Waals surface area contributed by atoms with Gasteiger partial charge in [-0.3, -0.25) is 0 Å². The van der Waals surface area contributed by atoms with Crippen molar-refractivity contribution in [2.24, 2.45) is 0 Å². The van der Waals surface area contributed by atoms with E-state index in [2.05, 4.69) is 50.5 Å². The predicted molar refractivity (Wildman–Crippen MR) is 103 cm³/mol. The molecule has 0 spiro atoms. The molecular weight excluding hydrogens is 334 g/mol. The molecule has 1 heterocycles. The Morgan fingerprint density at radius 3 is 2.68 bits per heavy atom. The summed E-state index contributed by atoms with van der Waals surface area (Å²) in [5, 5.41) is 12.1. The first-order valence-electron chi connectivity index (χ1n) is 8.27. The molecule has 0 fully saturated rings. The Balaban J connectivity index is 1.66. The fourth-order valence-corrected chi connectivity index (χ4v) is 2.81. The second-order valence-electron chi connectivity index (χ2n) is 5.52. The van der Waals surface area contributed by atoms with Crippen LogP contribution in [0.2, 0.25) is 5.02 Å². The van der Waals surface area contributed by atoms with Gasteiger partial charge in [0, 0.05) is 23.8 Å². The number of halogens is 1. The van der Waals surface area contributed by atoms with Crippen LogP contribution in [0.15, 0.2) is 60.8 Å². The molecule has 0 unspecified atom stereocenters. The van der Waals surface area contributed by atoms with Crippen molar-refractivity contribution in [1.82, 2.24) is 15.2 Å². The van der Waals surface area contributed by atoms with Gasteiger partial charge >= 0.3 is 0 Å². The van der Waals surface area contributed by atoms with Gasteiger partial charge in [-0.1, -0.05) is 41.9 Å². The summed E-state index contributed by atoms with van der Waals surface area (Å²) in [7, 11) is 0. The molecule has 2 aromatic carbocycles. The van der Waals surface area contributed by atoms with Crippen molar-refractivity contribution in [3.63, 3.8) is 0 Å². The van der Waals surface area contributed by atoms with E-state index in [-0.39, 0.29) is 0 Å². The summed E-state index contributed by atoms with van der Waals surface area (Å²) < 4.78 is 0. The normalized spacial score (nSPS) is 10.5. The Kier molecular flexibility index (Phi) is 5.80. The lowest BCUT2D eigenvalue weighted by Gasteiger charge is -2.21. The number of hydrogen-bond acceptors (Lipinski definition) is 5. The van der Waals surface area contributed by atoms with Gasteiger partial charge in [-0.2, -0.15) is 10.1 Å². The van der Waals surface area contributed by atoms with Crippen molar-refractivity contribution in [2.45, 2.75) is 13.3 Å². The zero-order chi connectivity index (χ0) is 17.5. The maximum atomic E-state index is 6.01. The topological polar surface area (TPSA) is 53.9 Å². The minimum atomic E-state index is 0.522. The number of nitrogens with zero attached hydrogens (tertiary/aromatic N) is 4. The highest BCUT2D eigenvalue weighted by Gasteiger charge is 2.10. The minimum absolute atomic E-state index is 0.522. The van der Waals surface area contributed by atoms with Crippen LogP contribution in [0, 0.1) is 0 Å². The first-order chi connectivity index (χ1) is 12.3. The number of anilines is 3. The van der Waals surface area contributed by atoms with Crippen LogP contribution in [0.4, 0.5) is 17.5 Å². The number of aromatic nitrogens is 3. The lowest BCUT2D eigenvalue weighted by atomic mass is 10.1. The van der Waals surface area contributed by atoms with E-state index in [4.69, 9.17) is 11.6 Å². The largest absolute Gasteiger partial charge is 0.353 e. The molecule has 25 heavy (non-hydrogen) atoms. The SMILES string of the molecule is CCN(c1ccccc1)c1cnnc(NCCc2cccc(Cl)c2)n1. The monoisotopic (exact) mass is 353 g/mol. The van der Waals surface area contributed by atoms with Gasteiger partial charge in [0.1, 0.15) is 0 Å². The van der Waals surface area contributed by atoms with Crippen LogP contribution in [0.25, 0.3) is 0 Å². The molecule has 0 bridgehead atoms. The molecular formula is C19H20ClN5. The number of hydrogen-bond donors (Lipinski definition) is 1. The Bertz CT molecular complexity index is 810. The third-order valence-electron chi connectivity index (χ3n) is 3.79. The summed E-state index contributed by atoms with van der Waals surface area (Å²) in [6, 6.07) is 18.0. The Hall–Kier alpha value is -2.66. The molecule has 3 aromatic rings. The van der Waals surface area contributed by atoms with Crippen molar-refractivity contribution >= 4 is 29.1 Å². The van der Waals surface area contributed by atoms with Crippen molar-refractivity contribution in [3.05, 3.63) is 71.4 Å². The van der Waals surface area contributed by atoms with Crippen molar-refractivity contribution in [2.75, 3.05) is 23.3 Å². The molecule has 0 aliphatic rings. The number of para-hydroxylation sites is 1. The van der Waals surface area contributed by atoms with Gasteiger partial charge in [0.05, 0.1) is 6.20 Å². The second kappa shape index (κ2) is 8.44. The van der Waals surface area contributed by atoms with Crippen LogP contribution in [0.1, 0.15) is 12.5 Å². The first-order valence-corrected chi connectivity index (χ1v) is 8.64. The van der Waals surface area contributed by atoms with Crippen molar-refractivity contribution in [1.29, 1.82) is 0 Å². The number of rotatable bonds is 7. The Morgan fingerprint density at radius 2 is 1.92 bits per heavy atom. The quantitative estimate of drug-likeness (QED) is 0.684. The molecule has 3 rings (SSSR count). The summed E-state index contributed by atoms with van der Waals surface area (Å²) in [5.41, 5.74) is 2.25. The molecule has 128 valence electrons. The van der Waals surface area contributed by atoms with Crippen LogP contribution in [-0.4, -0.2) is 28.3 Å². The van der Waals surface area contributed by atoms with Crippen LogP contribution in [0.3, 0.4) is 0 Å². The van der Waals surface area contributed by atoms with Crippen molar-refractivity contribution in [3.8, 4) is 0 Å². The average Bonchev–Trinajstić information content (AvgIpc) is 2.64. The van der Waals surface area contributed by atoms with Gasteiger partial charge in [-0.25, -0.2) is 0 Å². The van der Waals surface area contributed by atoms with E-state index in [1.807, 2.05) is 36.4 Å². The summed E-state index contributed by atoms with van der Waals surface area (Å²) in [5.74, 6) is 1.29. The zero-order valence-corrected chi connectivity index (χ0v) is 14.8. The molecule has 0 aliphatic heterocycles. The van der Waals surface area contributed by atoms with E-state index < -0.39 is 0 Å². The minimum Gasteiger partial charge on any atom is -0.353 e. The van der Waals surface area contributed by atoms with Crippen LogP contribution < -0.4 is 10.2 Å². The summed E-state index contributed by atoms with van der Waals surface area (Å²) >= 11 is 6.01. The summed E-state index contributed by atoms with van der Waals surface area (Å²) in [6.07, 6.45) is 2.52. The molecule has 0 amide bonds. The van der Waals surface area contributed by atoms with Gasteiger partial charge in [-0.05, 0) is 43.2 Å². The van der Waals surface area contributed by atoms with Crippen molar-refractivity contribution < 1.29 is 0 Å². The molecule has 0 saturated carbocycles. The van der Waals surface area contributed by atoms with E-state index in [0.717, 1.165) is 29.5 Å². The fraction of sp³-hybridized carbons (Fsp3) is 0.211. The molecule has 0 radical (unpaired) electrons. The molecule has 0 atom stereocenters. The Labute approximate surface area is 152 Å². The summed E-state index contributed by atoms with van der Waals surface area (Å²) in [4.78, 5) is 6.68. The third kappa shape index (κ3) is 4.67. The highest BCUT2D eigenvalue weighted by atomic mass is 35.5. The first kappa shape index (κ1) is 17.2. The zero-order valence-electron chi connectivity index (χ0n) is 14.1.